The Morgan fingerprint density at radius 1 is 1.80 bits per heavy atom. The summed E-state index contributed by atoms with van der Waals surface area (Å²) in [6.45, 7) is 3.64. The van der Waals surface area contributed by atoms with Crippen molar-refractivity contribution in [2.75, 3.05) is 13.1 Å². The summed E-state index contributed by atoms with van der Waals surface area (Å²) in [4.78, 5) is 10.6. The number of carbonyl (C=O) groups is 1. The number of nitrogens with zero attached hydrogens (tertiary/aromatic N) is 1. The summed E-state index contributed by atoms with van der Waals surface area (Å²) in [7, 11) is 0. The van der Waals surface area contributed by atoms with Gasteiger partial charge in [0.15, 0.2) is 0 Å². The van der Waals surface area contributed by atoms with E-state index < -0.39 is 0 Å². The maximum absolute atomic E-state index is 10.6. The third-order valence-corrected chi connectivity index (χ3v) is 2.42. The highest BCUT2D eigenvalue weighted by atomic mass is 127. The lowest BCUT2D eigenvalue weighted by molar-refractivity contribution is -0.119. The minimum Gasteiger partial charge on any atom is -0.352 e. The van der Waals surface area contributed by atoms with Gasteiger partial charge >= 0.3 is 0 Å². The highest BCUT2D eigenvalue weighted by molar-refractivity contribution is 14.1. The van der Waals surface area contributed by atoms with Crippen molar-refractivity contribution in [2.45, 2.75) is 19.4 Å². The van der Waals surface area contributed by atoms with Crippen LogP contribution in [0.1, 0.15) is 13.3 Å². The molecule has 0 bridgehead atoms. The predicted octanol–water partition coefficient (Wildman–Crippen LogP) is 0.547. The molecular formula is C6H11IN2O. The average Bonchev–Trinajstić information content (AvgIpc) is 2.13. The molecule has 0 unspecified atom stereocenters. The molecule has 0 aromatic heterocycles. The van der Waals surface area contributed by atoms with E-state index in [4.69, 9.17) is 0 Å². The molecule has 1 N–H and O–H groups in total. The zero-order valence-electron chi connectivity index (χ0n) is 5.93. The summed E-state index contributed by atoms with van der Waals surface area (Å²) < 4.78 is 2.19. The van der Waals surface area contributed by atoms with E-state index in [1.165, 1.54) is 0 Å². The first-order valence-electron chi connectivity index (χ1n) is 3.36. The van der Waals surface area contributed by atoms with Gasteiger partial charge in [0, 0.05) is 48.9 Å². The molecule has 58 valence electrons. The monoisotopic (exact) mass is 254 g/mol. The van der Waals surface area contributed by atoms with Crippen LogP contribution >= 0.6 is 22.9 Å². The maximum Gasteiger partial charge on any atom is 0.217 e. The minimum atomic E-state index is 0.0803. The fourth-order valence-electron chi connectivity index (χ4n) is 1.12. The Kier molecular flexibility index (Phi) is 2.91. The van der Waals surface area contributed by atoms with Crippen molar-refractivity contribution in [3.63, 3.8) is 0 Å². The molecule has 0 aliphatic carbocycles. The lowest BCUT2D eigenvalue weighted by Crippen LogP contribution is -2.34. The van der Waals surface area contributed by atoms with Crippen molar-refractivity contribution in [3.05, 3.63) is 0 Å². The molecule has 4 heteroatoms. The number of hydrogen-bond donors (Lipinski definition) is 1. The molecule has 1 aliphatic rings. The second-order valence-electron chi connectivity index (χ2n) is 2.55. The first-order valence-corrected chi connectivity index (χ1v) is 4.33. The molecule has 1 atom stereocenters. The zero-order chi connectivity index (χ0) is 7.56. The highest BCUT2D eigenvalue weighted by Gasteiger charge is 2.20. The van der Waals surface area contributed by atoms with Crippen LogP contribution in [0.25, 0.3) is 0 Å². The van der Waals surface area contributed by atoms with Gasteiger partial charge in [0.1, 0.15) is 0 Å². The predicted molar refractivity (Wildman–Crippen MR) is 47.8 cm³/mol. The van der Waals surface area contributed by atoms with Gasteiger partial charge in [0.25, 0.3) is 0 Å². The van der Waals surface area contributed by atoms with Gasteiger partial charge in [0.2, 0.25) is 5.91 Å². The van der Waals surface area contributed by atoms with Crippen LogP contribution in [0.5, 0.6) is 0 Å². The maximum atomic E-state index is 10.6. The van der Waals surface area contributed by atoms with Crippen molar-refractivity contribution < 1.29 is 4.79 Å². The number of nitrogens with one attached hydrogen (secondary N) is 1. The van der Waals surface area contributed by atoms with Crippen LogP contribution in [0.4, 0.5) is 0 Å². The summed E-state index contributed by atoms with van der Waals surface area (Å²) in [5.74, 6) is 0.0803. The van der Waals surface area contributed by atoms with E-state index in [9.17, 15) is 4.79 Å². The molecule has 1 fully saturated rings. The minimum absolute atomic E-state index is 0.0803. The SMILES string of the molecule is CC(=O)N[C@H]1CCN(I)C1. The van der Waals surface area contributed by atoms with E-state index in [1.807, 2.05) is 0 Å². The van der Waals surface area contributed by atoms with E-state index in [0.29, 0.717) is 6.04 Å². The van der Waals surface area contributed by atoms with Gasteiger partial charge in [-0.15, -0.1) is 0 Å². The van der Waals surface area contributed by atoms with Crippen LogP contribution < -0.4 is 5.32 Å². The summed E-state index contributed by atoms with van der Waals surface area (Å²) in [6.07, 6.45) is 1.09. The summed E-state index contributed by atoms with van der Waals surface area (Å²) in [5.41, 5.74) is 0. The van der Waals surface area contributed by atoms with E-state index in [2.05, 4.69) is 31.3 Å². The molecule has 0 spiro atoms. The number of rotatable bonds is 1. The molecule has 1 amide bonds. The third kappa shape index (κ3) is 2.42. The molecule has 3 nitrogen and oxygen atoms in total. The van der Waals surface area contributed by atoms with Gasteiger partial charge < -0.3 is 5.32 Å². The average molecular weight is 254 g/mol. The Hall–Kier alpha value is 0.160. The Morgan fingerprint density at radius 3 is 2.90 bits per heavy atom. The molecule has 1 aliphatic heterocycles. The summed E-state index contributed by atoms with van der Waals surface area (Å²) in [5, 5.41) is 2.89. The van der Waals surface area contributed by atoms with Gasteiger partial charge in [-0.3, -0.25) is 4.79 Å². The lowest BCUT2D eigenvalue weighted by atomic mass is 10.3. The normalized spacial score (nSPS) is 26.8. The molecule has 10 heavy (non-hydrogen) atoms. The third-order valence-electron chi connectivity index (χ3n) is 1.55. The summed E-state index contributed by atoms with van der Waals surface area (Å²) >= 11 is 2.28. The van der Waals surface area contributed by atoms with Crippen LogP contribution in [0.2, 0.25) is 0 Å². The van der Waals surface area contributed by atoms with Crippen LogP contribution in [-0.2, 0) is 4.79 Å². The van der Waals surface area contributed by atoms with Crippen molar-refractivity contribution in [2.24, 2.45) is 0 Å². The van der Waals surface area contributed by atoms with Gasteiger partial charge in [0.05, 0.1) is 0 Å². The fraction of sp³-hybridized carbons (Fsp3) is 0.833. The molecule has 0 radical (unpaired) electrons. The van der Waals surface area contributed by atoms with Crippen LogP contribution in [0.15, 0.2) is 0 Å². The van der Waals surface area contributed by atoms with Gasteiger partial charge in [-0.25, -0.2) is 3.11 Å². The van der Waals surface area contributed by atoms with Crippen molar-refractivity contribution in [3.8, 4) is 0 Å². The molecule has 0 aromatic rings. The lowest BCUT2D eigenvalue weighted by Gasteiger charge is -2.08. The second-order valence-corrected chi connectivity index (χ2v) is 3.92. The Balaban J connectivity index is 2.24. The van der Waals surface area contributed by atoms with Crippen LogP contribution in [-0.4, -0.2) is 28.2 Å². The molecule has 1 heterocycles. The summed E-state index contributed by atoms with van der Waals surface area (Å²) in [6, 6.07) is 0.384. The van der Waals surface area contributed by atoms with E-state index in [0.717, 1.165) is 19.5 Å². The second kappa shape index (κ2) is 3.52. The van der Waals surface area contributed by atoms with Crippen LogP contribution in [0.3, 0.4) is 0 Å². The highest BCUT2D eigenvalue weighted by Crippen LogP contribution is 2.12. The largest absolute Gasteiger partial charge is 0.352 e. The van der Waals surface area contributed by atoms with Crippen molar-refractivity contribution >= 4 is 28.8 Å². The Labute approximate surface area is 74.6 Å². The topological polar surface area (TPSA) is 32.3 Å². The molecular weight excluding hydrogens is 243 g/mol. The first-order chi connectivity index (χ1) is 4.68. The number of halogens is 1. The number of amides is 1. The van der Waals surface area contributed by atoms with Gasteiger partial charge in [-0.1, -0.05) is 0 Å². The molecule has 0 aromatic carbocycles. The van der Waals surface area contributed by atoms with Crippen molar-refractivity contribution in [1.82, 2.24) is 8.43 Å². The number of carbonyl (C=O) groups excluding carboxylic acids is 1. The standard InChI is InChI=1S/C6H11IN2O/c1-5(10)8-6-2-3-9(7)4-6/h6H,2-4H2,1H3,(H,8,10)/t6-/m0/s1. The van der Waals surface area contributed by atoms with E-state index >= 15 is 0 Å². The first kappa shape index (κ1) is 8.26. The fourth-order valence-corrected chi connectivity index (χ4v) is 1.88. The Bertz CT molecular complexity index is 140. The van der Waals surface area contributed by atoms with E-state index in [-0.39, 0.29) is 5.91 Å². The molecule has 1 rings (SSSR count). The molecule has 1 saturated heterocycles. The Morgan fingerprint density at radius 2 is 2.50 bits per heavy atom. The van der Waals surface area contributed by atoms with Gasteiger partial charge in [-0.2, -0.15) is 0 Å². The number of hydrogen-bond acceptors (Lipinski definition) is 2. The van der Waals surface area contributed by atoms with Crippen LogP contribution in [0, 0.1) is 0 Å². The zero-order valence-corrected chi connectivity index (χ0v) is 8.09. The molecule has 0 saturated carbocycles. The quantitative estimate of drug-likeness (QED) is 0.547. The smallest absolute Gasteiger partial charge is 0.217 e. The van der Waals surface area contributed by atoms with Crippen molar-refractivity contribution in [1.29, 1.82) is 0 Å². The van der Waals surface area contributed by atoms with Gasteiger partial charge in [-0.05, 0) is 6.42 Å². The van der Waals surface area contributed by atoms with E-state index in [1.54, 1.807) is 6.92 Å².